The number of methoxy groups -OCH3 is 1. The molecule has 1 aromatic carbocycles. The molecule has 0 saturated carbocycles. The van der Waals surface area contributed by atoms with Crippen molar-refractivity contribution in [3.8, 4) is 5.75 Å². The van der Waals surface area contributed by atoms with Crippen molar-refractivity contribution in [2.24, 2.45) is 0 Å². The zero-order valence-corrected chi connectivity index (χ0v) is 13.5. The summed E-state index contributed by atoms with van der Waals surface area (Å²) in [5, 5.41) is 5.79. The molecule has 0 spiro atoms. The fourth-order valence-electron chi connectivity index (χ4n) is 2.08. The summed E-state index contributed by atoms with van der Waals surface area (Å²) in [6, 6.07) is 7.92. The van der Waals surface area contributed by atoms with E-state index in [0.29, 0.717) is 13.1 Å². The highest BCUT2D eigenvalue weighted by Gasteiger charge is 2.15. The molecule has 5 nitrogen and oxygen atoms in total. The van der Waals surface area contributed by atoms with Crippen molar-refractivity contribution >= 4 is 6.03 Å². The third-order valence-electron chi connectivity index (χ3n) is 3.37. The number of carbonyl (C=O) groups excluding carboxylic acids is 1. The van der Waals surface area contributed by atoms with Crippen LogP contribution in [0.25, 0.3) is 0 Å². The minimum Gasteiger partial charge on any atom is -0.497 e. The minimum absolute atomic E-state index is 0.108. The van der Waals surface area contributed by atoms with E-state index < -0.39 is 0 Å². The summed E-state index contributed by atoms with van der Waals surface area (Å²) < 4.78 is 5.26. The molecule has 1 rings (SSSR count). The summed E-state index contributed by atoms with van der Waals surface area (Å²) in [6.07, 6.45) is 2.07. The predicted octanol–water partition coefficient (Wildman–Crippen LogP) is 2.40. The Balaban J connectivity index is 2.59. The van der Waals surface area contributed by atoms with Crippen molar-refractivity contribution in [3.63, 3.8) is 0 Å². The molecule has 21 heavy (non-hydrogen) atoms. The number of hydrogen-bond acceptors (Lipinski definition) is 3. The second-order valence-corrected chi connectivity index (χ2v) is 5.25. The summed E-state index contributed by atoms with van der Waals surface area (Å²) in [4.78, 5) is 13.8. The maximum atomic E-state index is 11.7. The van der Waals surface area contributed by atoms with Gasteiger partial charge in [0.15, 0.2) is 0 Å². The Morgan fingerprint density at radius 3 is 2.71 bits per heavy atom. The van der Waals surface area contributed by atoms with E-state index in [1.165, 1.54) is 0 Å². The molecule has 0 bridgehead atoms. The normalized spacial score (nSPS) is 12.0. The van der Waals surface area contributed by atoms with Crippen molar-refractivity contribution in [2.45, 2.75) is 25.8 Å². The van der Waals surface area contributed by atoms with Gasteiger partial charge in [0, 0.05) is 13.1 Å². The number of urea groups is 1. The van der Waals surface area contributed by atoms with Crippen LogP contribution in [0.2, 0.25) is 0 Å². The van der Waals surface area contributed by atoms with E-state index in [2.05, 4.69) is 22.5 Å². The second-order valence-electron chi connectivity index (χ2n) is 5.25. The van der Waals surface area contributed by atoms with Gasteiger partial charge in [0.25, 0.3) is 0 Å². The van der Waals surface area contributed by atoms with Crippen LogP contribution in [0.3, 0.4) is 0 Å². The van der Waals surface area contributed by atoms with E-state index in [-0.39, 0.29) is 12.1 Å². The van der Waals surface area contributed by atoms with Crippen LogP contribution in [-0.2, 0) is 0 Å². The zero-order valence-electron chi connectivity index (χ0n) is 13.5. The average Bonchev–Trinajstić information content (AvgIpc) is 2.47. The van der Waals surface area contributed by atoms with Gasteiger partial charge in [-0.2, -0.15) is 0 Å². The van der Waals surface area contributed by atoms with Gasteiger partial charge in [-0.05, 0) is 38.2 Å². The number of benzene rings is 1. The van der Waals surface area contributed by atoms with Gasteiger partial charge in [0.2, 0.25) is 0 Å². The molecule has 1 aromatic rings. The van der Waals surface area contributed by atoms with Crippen LogP contribution in [0.1, 0.15) is 31.4 Å². The lowest BCUT2D eigenvalue weighted by Gasteiger charge is -2.25. The van der Waals surface area contributed by atoms with Gasteiger partial charge in [-0.1, -0.05) is 25.5 Å². The monoisotopic (exact) mass is 293 g/mol. The average molecular weight is 293 g/mol. The van der Waals surface area contributed by atoms with Crippen LogP contribution >= 0.6 is 0 Å². The van der Waals surface area contributed by atoms with Gasteiger partial charge in [0.05, 0.1) is 13.2 Å². The third-order valence-corrected chi connectivity index (χ3v) is 3.37. The lowest BCUT2D eigenvalue weighted by molar-refractivity contribution is 0.232. The third kappa shape index (κ3) is 6.04. The number of rotatable bonds is 8. The first kappa shape index (κ1) is 17.3. The van der Waals surface area contributed by atoms with Crippen molar-refractivity contribution < 1.29 is 9.53 Å². The molecule has 0 saturated heterocycles. The van der Waals surface area contributed by atoms with Crippen molar-refractivity contribution in [1.82, 2.24) is 15.5 Å². The van der Waals surface area contributed by atoms with Crippen LogP contribution in [0.15, 0.2) is 24.3 Å². The van der Waals surface area contributed by atoms with E-state index in [1.807, 2.05) is 38.4 Å². The van der Waals surface area contributed by atoms with E-state index >= 15 is 0 Å². The lowest BCUT2D eigenvalue weighted by Crippen LogP contribution is -2.40. The van der Waals surface area contributed by atoms with Crippen LogP contribution in [0.5, 0.6) is 5.75 Å². The fraction of sp³-hybridized carbons (Fsp3) is 0.562. The molecule has 0 unspecified atom stereocenters. The fourth-order valence-corrected chi connectivity index (χ4v) is 2.08. The molecule has 2 N–H and O–H groups in total. The number of hydrogen-bond donors (Lipinski definition) is 2. The molecule has 0 aromatic heterocycles. The molecule has 2 amide bonds. The van der Waals surface area contributed by atoms with E-state index in [0.717, 1.165) is 24.2 Å². The number of carbonyl (C=O) groups is 1. The predicted molar refractivity (Wildman–Crippen MR) is 85.7 cm³/mol. The Morgan fingerprint density at radius 2 is 2.10 bits per heavy atom. The molecule has 118 valence electrons. The number of nitrogens with zero attached hydrogens (tertiary/aromatic N) is 1. The molecule has 0 heterocycles. The quantitative estimate of drug-likeness (QED) is 0.724. The Hall–Kier alpha value is -1.75. The Labute approximate surface area is 127 Å². The molecule has 5 heteroatoms. The molecule has 0 radical (unpaired) electrons. The Morgan fingerprint density at radius 1 is 1.33 bits per heavy atom. The number of nitrogens with one attached hydrogen (secondary N) is 2. The highest BCUT2D eigenvalue weighted by molar-refractivity contribution is 5.73. The molecular weight excluding hydrogens is 266 g/mol. The van der Waals surface area contributed by atoms with E-state index in [4.69, 9.17) is 4.74 Å². The number of likely N-dealkylation sites (N-methyl/N-ethyl adjacent to an activating group) is 1. The van der Waals surface area contributed by atoms with Crippen LogP contribution < -0.4 is 15.4 Å². The Bertz CT molecular complexity index is 435. The lowest BCUT2D eigenvalue weighted by atomic mass is 10.1. The maximum Gasteiger partial charge on any atom is 0.314 e. The standard InChI is InChI=1S/C16H27N3O2/c1-5-6-10-17-16(20)18-12-15(19(2)3)13-8-7-9-14(11-13)21-4/h7-9,11,15H,5-6,10,12H2,1-4H3,(H2,17,18,20)/t15-/m0/s1. The van der Waals surface area contributed by atoms with E-state index in [1.54, 1.807) is 7.11 Å². The molecule has 0 fully saturated rings. The molecule has 0 aliphatic heterocycles. The smallest absolute Gasteiger partial charge is 0.314 e. The zero-order chi connectivity index (χ0) is 15.7. The first-order chi connectivity index (χ1) is 10.1. The van der Waals surface area contributed by atoms with Gasteiger partial charge < -0.3 is 20.3 Å². The van der Waals surface area contributed by atoms with Crippen molar-refractivity contribution in [3.05, 3.63) is 29.8 Å². The van der Waals surface area contributed by atoms with E-state index in [9.17, 15) is 4.79 Å². The highest BCUT2D eigenvalue weighted by Crippen LogP contribution is 2.21. The summed E-state index contributed by atoms with van der Waals surface area (Å²) in [6.45, 7) is 3.37. The van der Waals surface area contributed by atoms with Gasteiger partial charge >= 0.3 is 6.03 Å². The summed E-state index contributed by atoms with van der Waals surface area (Å²) >= 11 is 0. The Kier molecular flexibility index (Phi) is 7.61. The second kappa shape index (κ2) is 9.23. The largest absolute Gasteiger partial charge is 0.497 e. The number of unbranched alkanes of at least 4 members (excludes halogenated alkanes) is 1. The van der Waals surface area contributed by atoms with Gasteiger partial charge in [0.1, 0.15) is 5.75 Å². The van der Waals surface area contributed by atoms with Crippen LogP contribution in [0.4, 0.5) is 4.79 Å². The summed E-state index contributed by atoms with van der Waals surface area (Å²) in [5.41, 5.74) is 1.12. The molecule has 0 aliphatic carbocycles. The topological polar surface area (TPSA) is 53.6 Å². The maximum absolute atomic E-state index is 11.7. The molecular formula is C16H27N3O2. The first-order valence-electron chi connectivity index (χ1n) is 7.40. The van der Waals surface area contributed by atoms with Crippen LogP contribution in [0, 0.1) is 0 Å². The number of amides is 2. The first-order valence-corrected chi connectivity index (χ1v) is 7.40. The van der Waals surface area contributed by atoms with Gasteiger partial charge in [-0.25, -0.2) is 4.79 Å². The summed E-state index contributed by atoms with van der Waals surface area (Å²) in [5.74, 6) is 0.826. The minimum atomic E-state index is -0.113. The highest BCUT2D eigenvalue weighted by atomic mass is 16.5. The summed E-state index contributed by atoms with van der Waals surface area (Å²) in [7, 11) is 5.66. The van der Waals surface area contributed by atoms with Gasteiger partial charge in [-0.3, -0.25) is 0 Å². The molecule has 1 atom stereocenters. The van der Waals surface area contributed by atoms with Crippen LogP contribution in [-0.4, -0.2) is 45.2 Å². The molecule has 0 aliphatic rings. The SMILES string of the molecule is CCCCNC(=O)NC[C@@H](c1cccc(OC)c1)N(C)C. The number of ether oxygens (including phenoxy) is 1. The van der Waals surface area contributed by atoms with Crippen molar-refractivity contribution in [1.29, 1.82) is 0 Å². The van der Waals surface area contributed by atoms with Gasteiger partial charge in [-0.15, -0.1) is 0 Å². The van der Waals surface area contributed by atoms with Crippen molar-refractivity contribution in [2.75, 3.05) is 34.3 Å².